The third-order valence-electron chi connectivity index (χ3n) is 4.79. The second-order valence-electron chi connectivity index (χ2n) is 6.56. The summed E-state index contributed by atoms with van der Waals surface area (Å²) in [6.45, 7) is 2.11. The minimum Gasteiger partial charge on any atom is -0.457 e. The van der Waals surface area contributed by atoms with Gasteiger partial charge in [0.1, 0.15) is 17.3 Å². The number of benzene rings is 3. The van der Waals surface area contributed by atoms with Crippen LogP contribution in [-0.2, 0) is 13.1 Å². The summed E-state index contributed by atoms with van der Waals surface area (Å²) < 4.78 is 19.1. The standard InChI is InChI=1S/C22H21FN2O/c23-18-9-6-16(7-10-18)14-25-15-17-8-11-20(12-21(17)22(25)13-24)26-19-4-2-1-3-5-19/h1-12,22H,13-15,24H2. The monoisotopic (exact) mass is 348 g/mol. The first-order chi connectivity index (χ1) is 12.7. The van der Waals surface area contributed by atoms with Gasteiger partial charge in [0.25, 0.3) is 0 Å². The maximum absolute atomic E-state index is 13.1. The molecule has 1 aliphatic heterocycles. The third-order valence-corrected chi connectivity index (χ3v) is 4.79. The number of hydrogen-bond donors (Lipinski definition) is 1. The summed E-state index contributed by atoms with van der Waals surface area (Å²) in [6, 6.07) is 22.7. The van der Waals surface area contributed by atoms with E-state index in [1.165, 1.54) is 23.3 Å². The predicted molar refractivity (Wildman–Crippen MR) is 100 cm³/mol. The SMILES string of the molecule is NCC1c2cc(Oc3ccccc3)ccc2CN1Cc1ccc(F)cc1. The number of fused-ring (bicyclic) bond motifs is 1. The first-order valence-electron chi connectivity index (χ1n) is 8.77. The van der Waals surface area contributed by atoms with Gasteiger partial charge in [0.05, 0.1) is 0 Å². The fraction of sp³-hybridized carbons (Fsp3) is 0.182. The third kappa shape index (κ3) is 3.47. The normalized spacial score (nSPS) is 16.5. The van der Waals surface area contributed by atoms with Gasteiger partial charge in [0, 0.05) is 25.7 Å². The summed E-state index contributed by atoms with van der Waals surface area (Å²) in [6.07, 6.45) is 0. The predicted octanol–water partition coefficient (Wildman–Crippen LogP) is 4.63. The number of hydrogen-bond acceptors (Lipinski definition) is 3. The molecule has 4 heteroatoms. The molecule has 0 aliphatic carbocycles. The highest BCUT2D eigenvalue weighted by Gasteiger charge is 2.29. The fourth-order valence-electron chi connectivity index (χ4n) is 3.51. The molecule has 26 heavy (non-hydrogen) atoms. The molecule has 0 fully saturated rings. The lowest BCUT2D eigenvalue weighted by atomic mass is 10.0. The summed E-state index contributed by atoms with van der Waals surface area (Å²) in [7, 11) is 0. The molecule has 1 heterocycles. The van der Waals surface area contributed by atoms with Gasteiger partial charge in [-0.1, -0.05) is 36.4 Å². The van der Waals surface area contributed by atoms with Crippen molar-refractivity contribution in [2.24, 2.45) is 5.73 Å². The van der Waals surface area contributed by atoms with E-state index in [2.05, 4.69) is 17.0 Å². The Bertz CT molecular complexity index is 880. The van der Waals surface area contributed by atoms with Crippen molar-refractivity contribution in [3.63, 3.8) is 0 Å². The molecule has 2 N–H and O–H groups in total. The van der Waals surface area contributed by atoms with Crippen molar-refractivity contribution in [3.8, 4) is 11.5 Å². The van der Waals surface area contributed by atoms with E-state index in [0.717, 1.165) is 30.2 Å². The largest absolute Gasteiger partial charge is 0.457 e. The summed E-state index contributed by atoms with van der Waals surface area (Å²) in [4.78, 5) is 2.32. The fourth-order valence-corrected chi connectivity index (χ4v) is 3.51. The molecule has 0 saturated carbocycles. The molecule has 0 bridgehead atoms. The van der Waals surface area contributed by atoms with E-state index in [-0.39, 0.29) is 11.9 Å². The zero-order valence-electron chi connectivity index (χ0n) is 14.4. The maximum Gasteiger partial charge on any atom is 0.127 e. The Kier molecular flexibility index (Phi) is 4.69. The summed E-state index contributed by atoms with van der Waals surface area (Å²) in [5, 5.41) is 0. The second-order valence-corrected chi connectivity index (χ2v) is 6.56. The van der Waals surface area contributed by atoms with Gasteiger partial charge < -0.3 is 10.5 Å². The average Bonchev–Trinajstić information content (AvgIpc) is 3.01. The number of ether oxygens (including phenoxy) is 1. The highest BCUT2D eigenvalue weighted by Crippen LogP contribution is 2.37. The molecule has 3 aromatic carbocycles. The van der Waals surface area contributed by atoms with Crippen molar-refractivity contribution >= 4 is 0 Å². The van der Waals surface area contributed by atoms with Crippen LogP contribution in [0.4, 0.5) is 4.39 Å². The maximum atomic E-state index is 13.1. The van der Waals surface area contributed by atoms with Crippen molar-refractivity contribution in [2.45, 2.75) is 19.1 Å². The van der Waals surface area contributed by atoms with Crippen LogP contribution >= 0.6 is 0 Å². The Morgan fingerprint density at radius 3 is 2.46 bits per heavy atom. The Morgan fingerprint density at radius 1 is 0.962 bits per heavy atom. The molecule has 0 amide bonds. The first-order valence-corrected chi connectivity index (χ1v) is 8.77. The summed E-state index contributed by atoms with van der Waals surface area (Å²) in [5.74, 6) is 1.42. The summed E-state index contributed by atoms with van der Waals surface area (Å²) >= 11 is 0. The Labute approximate surface area is 152 Å². The minimum atomic E-state index is -0.212. The lowest BCUT2D eigenvalue weighted by Gasteiger charge is -2.24. The van der Waals surface area contributed by atoms with Gasteiger partial charge in [-0.15, -0.1) is 0 Å². The molecule has 3 nitrogen and oxygen atoms in total. The quantitative estimate of drug-likeness (QED) is 0.730. The van der Waals surface area contributed by atoms with Crippen LogP contribution in [-0.4, -0.2) is 11.4 Å². The Hall–Kier alpha value is -2.69. The van der Waals surface area contributed by atoms with Crippen molar-refractivity contribution in [3.05, 3.63) is 95.3 Å². The van der Waals surface area contributed by atoms with Crippen LogP contribution in [0.3, 0.4) is 0 Å². The molecule has 0 radical (unpaired) electrons. The zero-order valence-corrected chi connectivity index (χ0v) is 14.4. The van der Waals surface area contributed by atoms with Gasteiger partial charge in [-0.2, -0.15) is 0 Å². The molecule has 3 aromatic rings. The van der Waals surface area contributed by atoms with Gasteiger partial charge in [-0.3, -0.25) is 4.90 Å². The van der Waals surface area contributed by atoms with Crippen LogP contribution in [0.15, 0.2) is 72.8 Å². The molecular weight excluding hydrogens is 327 g/mol. The molecule has 0 aromatic heterocycles. The summed E-state index contributed by atoms with van der Waals surface area (Å²) in [5.41, 5.74) is 9.64. The molecule has 4 rings (SSSR count). The number of nitrogens with two attached hydrogens (primary N) is 1. The Morgan fingerprint density at radius 2 is 1.73 bits per heavy atom. The van der Waals surface area contributed by atoms with Crippen molar-refractivity contribution in [1.29, 1.82) is 0 Å². The van der Waals surface area contributed by atoms with E-state index >= 15 is 0 Å². The number of rotatable bonds is 5. The van der Waals surface area contributed by atoms with E-state index in [1.54, 1.807) is 0 Å². The first kappa shape index (κ1) is 16.8. The molecule has 1 aliphatic rings. The number of halogens is 1. The zero-order chi connectivity index (χ0) is 17.9. The Balaban J connectivity index is 1.54. The van der Waals surface area contributed by atoms with Crippen molar-refractivity contribution in [2.75, 3.05) is 6.54 Å². The molecule has 1 atom stereocenters. The van der Waals surface area contributed by atoms with E-state index in [9.17, 15) is 4.39 Å². The lowest BCUT2D eigenvalue weighted by molar-refractivity contribution is 0.211. The van der Waals surface area contributed by atoms with Gasteiger partial charge >= 0.3 is 0 Å². The van der Waals surface area contributed by atoms with Gasteiger partial charge in [-0.25, -0.2) is 4.39 Å². The van der Waals surface area contributed by atoms with Crippen molar-refractivity contribution in [1.82, 2.24) is 4.90 Å². The van der Waals surface area contributed by atoms with Crippen LogP contribution in [0.25, 0.3) is 0 Å². The van der Waals surface area contributed by atoms with Gasteiger partial charge in [0.2, 0.25) is 0 Å². The molecule has 1 unspecified atom stereocenters. The number of nitrogens with zero attached hydrogens (tertiary/aromatic N) is 1. The molecule has 132 valence electrons. The van der Waals surface area contributed by atoms with E-state index < -0.39 is 0 Å². The van der Waals surface area contributed by atoms with Crippen LogP contribution < -0.4 is 10.5 Å². The lowest BCUT2D eigenvalue weighted by Crippen LogP contribution is -2.27. The van der Waals surface area contributed by atoms with Crippen LogP contribution in [0, 0.1) is 5.82 Å². The van der Waals surface area contributed by atoms with E-state index in [0.29, 0.717) is 6.54 Å². The topological polar surface area (TPSA) is 38.5 Å². The number of para-hydroxylation sites is 1. The van der Waals surface area contributed by atoms with Gasteiger partial charge in [-0.05, 0) is 53.1 Å². The van der Waals surface area contributed by atoms with Crippen LogP contribution in [0.2, 0.25) is 0 Å². The minimum absolute atomic E-state index is 0.134. The van der Waals surface area contributed by atoms with E-state index in [4.69, 9.17) is 10.5 Å². The highest BCUT2D eigenvalue weighted by atomic mass is 19.1. The second kappa shape index (κ2) is 7.28. The van der Waals surface area contributed by atoms with Crippen LogP contribution in [0.5, 0.6) is 11.5 Å². The van der Waals surface area contributed by atoms with Crippen LogP contribution in [0.1, 0.15) is 22.7 Å². The van der Waals surface area contributed by atoms with Gasteiger partial charge in [0.15, 0.2) is 0 Å². The smallest absolute Gasteiger partial charge is 0.127 e. The molecular formula is C22H21FN2O. The van der Waals surface area contributed by atoms with E-state index in [1.807, 2.05) is 48.5 Å². The molecule has 0 saturated heterocycles. The molecule has 0 spiro atoms. The highest BCUT2D eigenvalue weighted by molar-refractivity contribution is 5.42. The average molecular weight is 348 g/mol. The van der Waals surface area contributed by atoms with Crippen molar-refractivity contribution < 1.29 is 9.13 Å².